The summed E-state index contributed by atoms with van der Waals surface area (Å²) >= 11 is 0. The molecule has 0 aliphatic rings. The highest BCUT2D eigenvalue weighted by atomic mass is 16.6. The van der Waals surface area contributed by atoms with E-state index >= 15 is 0 Å². The van der Waals surface area contributed by atoms with E-state index in [9.17, 15) is 14.9 Å². The Balaban J connectivity index is 1.57. The second-order valence-electron chi connectivity index (χ2n) is 7.93. The van der Waals surface area contributed by atoms with Gasteiger partial charge >= 0.3 is 0 Å². The molecule has 30 heavy (non-hydrogen) atoms. The lowest BCUT2D eigenvalue weighted by atomic mass is 9.86. The van der Waals surface area contributed by atoms with Crippen LogP contribution in [0.1, 0.15) is 37.7 Å². The van der Waals surface area contributed by atoms with Crippen LogP contribution in [0, 0.1) is 10.1 Å². The lowest BCUT2D eigenvalue weighted by Gasteiger charge is -2.19. The largest absolute Gasteiger partial charge is 0.455 e. The van der Waals surface area contributed by atoms with Crippen LogP contribution in [0.2, 0.25) is 0 Å². The fraction of sp³-hybridized carbons (Fsp3) is 0.217. The maximum Gasteiger partial charge on any atom is 0.270 e. The molecule has 0 spiro atoms. The van der Waals surface area contributed by atoms with Crippen LogP contribution in [0.15, 0.2) is 70.2 Å². The van der Waals surface area contributed by atoms with Crippen molar-refractivity contribution in [1.82, 2.24) is 5.43 Å². The molecule has 2 aromatic carbocycles. The smallest absolute Gasteiger partial charge is 0.270 e. The van der Waals surface area contributed by atoms with Gasteiger partial charge in [-0.2, -0.15) is 5.10 Å². The van der Waals surface area contributed by atoms with E-state index in [1.54, 1.807) is 24.3 Å². The van der Waals surface area contributed by atoms with E-state index in [1.165, 1.54) is 23.9 Å². The maximum atomic E-state index is 12.1. The Bertz CT molecular complexity index is 1080. The number of carbonyl (C=O) groups is 1. The molecule has 0 unspecified atom stereocenters. The molecule has 3 aromatic rings. The summed E-state index contributed by atoms with van der Waals surface area (Å²) in [6.45, 7) is 6.42. The summed E-state index contributed by atoms with van der Waals surface area (Å²) in [4.78, 5) is 22.5. The third-order valence-corrected chi connectivity index (χ3v) is 4.53. The van der Waals surface area contributed by atoms with Gasteiger partial charge in [0.1, 0.15) is 11.5 Å². The molecule has 3 rings (SSSR count). The minimum Gasteiger partial charge on any atom is -0.455 e. The van der Waals surface area contributed by atoms with Crippen molar-refractivity contribution in [3.05, 3.63) is 87.7 Å². The SMILES string of the molecule is CC(C)(C)c1ccc(CC(=O)N/N=C\c2ccc(-c3cccc([N+](=O)[O-])c3)o2)cc1. The monoisotopic (exact) mass is 405 g/mol. The third kappa shape index (κ3) is 5.41. The summed E-state index contributed by atoms with van der Waals surface area (Å²) in [7, 11) is 0. The van der Waals surface area contributed by atoms with Crippen LogP contribution >= 0.6 is 0 Å². The molecule has 1 aromatic heterocycles. The topological polar surface area (TPSA) is 97.7 Å². The Morgan fingerprint density at radius 1 is 1.13 bits per heavy atom. The molecule has 0 aliphatic heterocycles. The van der Waals surface area contributed by atoms with Gasteiger partial charge in [0.05, 0.1) is 17.6 Å². The first-order valence-corrected chi connectivity index (χ1v) is 9.48. The highest BCUT2D eigenvalue weighted by Crippen LogP contribution is 2.25. The summed E-state index contributed by atoms with van der Waals surface area (Å²) in [5, 5.41) is 14.8. The van der Waals surface area contributed by atoms with E-state index in [0.29, 0.717) is 17.1 Å². The van der Waals surface area contributed by atoms with Crippen molar-refractivity contribution >= 4 is 17.8 Å². The van der Waals surface area contributed by atoms with Gasteiger partial charge in [-0.05, 0) is 28.7 Å². The zero-order chi connectivity index (χ0) is 21.7. The number of nitro groups is 1. The summed E-state index contributed by atoms with van der Waals surface area (Å²) in [5.74, 6) is 0.664. The Morgan fingerprint density at radius 3 is 2.53 bits per heavy atom. The molecule has 0 fully saturated rings. The van der Waals surface area contributed by atoms with Gasteiger partial charge in [-0.1, -0.05) is 57.2 Å². The maximum absolute atomic E-state index is 12.1. The fourth-order valence-electron chi connectivity index (χ4n) is 2.87. The average Bonchev–Trinajstić information content (AvgIpc) is 3.17. The minimum absolute atomic E-state index is 0.0121. The van der Waals surface area contributed by atoms with Gasteiger partial charge in [0, 0.05) is 17.7 Å². The van der Waals surface area contributed by atoms with Gasteiger partial charge in [-0.3, -0.25) is 14.9 Å². The van der Waals surface area contributed by atoms with E-state index in [0.717, 1.165) is 5.56 Å². The first kappa shape index (κ1) is 21.0. The molecular formula is C23H23N3O4. The number of rotatable bonds is 6. The molecule has 7 heteroatoms. The average molecular weight is 405 g/mol. The number of nitrogens with one attached hydrogen (secondary N) is 1. The Morgan fingerprint density at radius 2 is 1.87 bits per heavy atom. The highest BCUT2D eigenvalue weighted by Gasteiger charge is 2.13. The van der Waals surface area contributed by atoms with Gasteiger partial charge < -0.3 is 4.42 Å². The van der Waals surface area contributed by atoms with Crippen molar-refractivity contribution in [2.45, 2.75) is 32.6 Å². The molecule has 0 saturated carbocycles. The molecule has 1 amide bonds. The molecule has 0 atom stereocenters. The Hall–Kier alpha value is -3.74. The van der Waals surface area contributed by atoms with Crippen LogP contribution in [0.3, 0.4) is 0 Å². The fourth-order valence-corrected chi connectivity index (χ4v) is 2.87. The molecule has 0 radical (unpaired) electrons. The Labute approximate surface area is 174 Å². The number of non-ortho nitro benzene ring substituents is 1. The quantitative estimate of drug-likeness (QED) is 0.360. The van der Waals surface area contributed by atoms with E-state index in [1.807, 2.05) is 24.3 Å². The minimum atomic E-state index is -0.457. The number of nitro benzene ring substituents is 1. The summed E-state index contributed by atoms with van der Waals surface area (Å²) in [5.41, 5.74) is 5.24. The van der Waals surface area contributed by atoms with Crippen LogP contribution in [-0.2, 0) is 16.6 Å². The van der Waals surface area contributed by atoms with Gasteiger partial charge in [-0.15, -0.1) is 0 Å². The molecule has 7 nitrogen and oxygen atoms in total. The van der Waals surface area contributed by atoms with E-state index in [-0.39, 0.29) is 23.4 Å². The van der Waals surface area contributed by atoms with Crippen LogP contribution in [-0.4, -0.2) is 17.0 Å². The van der Waals surface area contributed by atoms with E-state index < -0.39 is 4.92 Å². The number of amides is 1. The lowest BCUT2D eigenvalue weighted by molar-refractivity contribution is -0.384. The summed E-state index contributed by atoms with van der Waals surface area (Å²) < 4.78 is 5.63. The third-order valence-electron chi connectivity index (χ3n) is 4.53. The van der Waals surface area contributed by atoms with Gasteiger partial charge in [0.2, 0.25) is 5.91 Å². The molecule has 0 aliphatic carbocycles. The number of hydrazone groups is 1. The van der Waals surface area contributed by atoms with Gasteiger partial charge in [0.25, 0.3) is 5.69 Å². The summed E-state index contributed by atoms with van der Waals surface area (Å²) in [6, 6.07) is 17.5. The van der Waals surface area contributed by atoms with Crippen molar-refractivity contribution in [2.24, 2.45) is 5.10 Å². The van der Waals surface area contributed by atoms with Crippen molar-refractivity contribution in [2.75, 3.05) is 0 Å². The van der Waals surface area contributed by atoms with Crippen molar-refractivity contribution in [3.63, 3.8) is 0 Å². The van der Waals surface area contributed by atoms with Crippen LogP contribution < -0.4 is 5.43 Å². The second-order valence-corrected chi connectivity index (χ2v) is 7.93. The highest BCUT2D eigenvalue weighted by molar-refractivity contribution is 5.82. The standard InChI is InChI=1S/C23H23N3O4/c1-23(2,3)18-9-7-16(8-10-18)13-22(27)25-24-15-20-11-12-21(30-20)17-5-4-6-19(14-17)26(28)29/h4-12,14-15H,13H2,1-3H3,(H,25,27)/b24-15-. The van der Waals surface area contributed by atoms with Crippen LogP contribution in [0.4, 0.5) is 5.69 Å². The van der Waals surface area contributed by atoms with Crippen LogP contribution in [0.25, 0.3) is 11.3 Å². The second kappa shape index (κ2) is 8.73. The first-order valence-electron chi connectivity index (χ1n) is 9.48. The normalized spacial score (nSPS) is 11.6. The van der Waals surface area contributed by atoms with Crippen molar-refractivity contribution in [3.8, 4) is 11.3 Å². The molecule has 154 valence electrons. The molecule has 1 heterocycles. The van der Waals surface area contributed by atoms with Gasteiger partial charge in [-0.25, -0.2) is 5.43 Å². The number of benzene rings is 2. The van der Waals surface area contributed by atoms with Gasteiger partial charge in [0.15, 0.2) is 0 Å². The lowest BCUT2D eigenvalue weighted by Crippen LogP contribution is -2.20. The Kier molecular flexibility index (Phi) is 6.11. The molecule has 0 bridgehead atoms. The van der Waals surface area contributed by atoms with E-state index in [4.69, 9.17) is 4.42 Å². The zero-order valence-electron chi connectivity index (χ0n) is 17.1. The number of hydrogen-bond donors (Lipinski definition) is 1. The van der Waals surface area contributed by atoms with Crippen LogP contribution in [0.5, 0.6) is 0 Å². The molecule has 1 N–H and O–H groups in total. The van der Waals surface area contributed by atoms with E-state index in [2.05, 4.69) is 31.3 Å². The number of furan rings is 1. The van der Waals surface area contributed by atoms with Crippen molar-refractivity contribution in [1.29, 1.82) is 0 Å². The first-order chi connectivity index (χ1) is 14.2. The molecule has 0 saturated heterocycles. The zero-order valence-corrected chi connectivity index (χ0v) is 17.1. The number of hydrogen-bond acceptors (Lipinski definition) is 5. The predicted octanol–water partition coefficient (Wildman–Crippen LogP) is 4.85. The summed E-state index contributed by atoms with van der Waals surface area (Å²) in [6.07, 6.45) is 1.61. The number of carbonyl (C=O) groups excluding carboxylic acids is 1. The predicted molar refractivity (Wildman–Crippen MR) is 115 cm³/mol. The molecular weight excluding hydrogens is 382 g/mol. The number of nitrogens with zero attached hydrogens (tertiary/aromatic N) is 2. The van der Waals surface area contributed by atoms with Crippen molar-refractivity contribution < 1.29 is 14.1 Å².